The second-order valence-corrected chi connectivity index (χ2v) is 6.62. The monoisotopic (exact) mass is 301 g/mol. The molecule has 2 rings (SSSR count). The van der Waals surface area contributed by atoms with Crippen molar-refractivity contribution in [3.63, 3.8) is 0 Å². The van der Waals surface area contributed by atoms with Crippen LogP contribution in [-0.2, 0) is 16.0 Å². The van der Waals surface area contributed by atoms with E-state index in [1.165, 1.54) is 23.1 Å². The summed E-state index contributed by atoms with van der Waals surface area (Å²) >= 11 is 4.56. The fourth-order valence-electron chi connectivity index (χ4n) is 1.16. The molecule has 0 atom stereocenters. The van der Waals surface area contributed by atoms with Gasteiger partial charge in [-0.25, -0.2) is 4.98 Å². The average Bonchev–Trinajstić information content (AvgIpc) is 2.99. The number of aromatic nitrogens is 3. The van der Waals surface area contributed by atoms with Gasteiger partial charge in [0.1, 0.15) is 5.01 Å². The van der Waals surface area contributed by atoms with Crippen LogP contribution in [0.3, 0.4) is 0 Å². The van der Waals surface area contributed by atoms with Gasteiger partial charge < -0.3 is 4.74 Å². The minimum absolute atomic E-state index is 0.193. The van der Waals surface area contributed by atoms with Crippen molar-refractivity contribution in [2.45, 2.75) is 28.4 Å². The highest BCUT2D eigenvalue weighted by molar-refractivity contribution is 8.02. The quantitative estimate of drug-likeness (QED) is 0.764. The smallest absolute Gasteiger partial charge is 0.306 e. The molecule has 0 fully saturated rings. The largest absolute Gasteiger partial charge is 0.466 e. The molecule has 0 aromatic carbocycles. The van der Waals surface area contributed by atoms with Gasteiger partial charge in [0.25, 0.3) is 0 Å². The molecule has 5 nitrogen and oxygen atoms in total. The molecule has 18 heavy (non-hydrogen) atoms. The first kappa shape index (κ1) is 13.4. The van der Waals surface area contributed by atoms with Crippen LogP contribution in [0.15, 0.2) is 20.3 Å². The summed E-state index contributed by atoms with van der Waals surface area (Å²) in [7, 11) is 0. The van der Waals surface area contributed by atoms with E-state index in [9.17, 15) is 4.79 Å². The Bertz CT molecular complexity index is 498. The average molecular weight is 301 g/mol. The highest BCUT2D eigenvalue weighted by atomic mass is 32.2. The number of aryl methyl sites for hydroxylation is 1. The second kappa shape index (κ2) is 6.81. The van der Waals surface area contributed by atoms with Crippen LogP contribution in [0.4, 0.5) is 0 Å². The number of hydrogen-bond donors (Lipinski definition) is 0. The molecule has 0 aliphatic heterocycles. The molecule has 0 saturated carbocycles. The standard InChI is InChI=1S/C10H11N3O2S3/c1-2-15-8(14)4-3-7-12-13-10(17-7)18-9-11-5-6-16-9/h5-6H,2-4H2,1H3. The Morgan fingerprint density at radius 2 is 2.33 bits per heavy atom. The van der Waals surface area contributed by atoms with Crippen LogP contribution in [0.1, 0.15) is 18.4 Å². The molecule has 2 aromatic heterocycles. The van der Waals surface area contributed by atoms with Gasteiger partial charge in [-0.05, 0) is 18.7 Å². The van der Waals surface area contributed by atoms with Crippen molar-refractivity contribution >= 4 is 40.4 Å². The maximum Gasteiger partial charge on any atom is 0.306 e. The fraction of sp³-hybridized carbons (Fsp3) is 0.400. The number of ether oxygens (including phenoxy) is 1. The van der Waals surface area contributed by atoms with Gasteiger partial charge in [-0.15, -0.1) is 21.5 Å². The predicted molar refractivity (Wildman–Crippen MR) is 71.1 cm³/mol. The van der Waals surface area contributed by atoms with Crippen LogP contribution < -0.4 is 0 Å². The Hall–Kier alpha value is -0.990. The third-order valence-electron chi connectivity index (χ3n) is 1.88. The van der Waals surface area contributed by atoms with Crippen LogP contribution in [0.25, 0.3) is 0 Å². The fourth-order valence-corrected chi connectivity index (χ4v) is 3.88. The van der Waals surface area contributed by atoms with E-state index in [2.05, 4.69) is 15.2 Å². The normalized spacial score (nSPS) is 10.5. The summed E-state index contributed by atoms with van der Waals surface area (Å²) < 4.78 is 6.66. The van der Waals surface area contributed by atoms with Crippen molar-refractivity contribution in [2.75, 3.05) is 6.61 Å². The van der Waals surface area contributed by atoms with Gasteiger partial charge >= 0.3 is 5.97 Å². The maximum absolute atomic E-state index is 11.2. The highest BCUT2D eigenvalue weighted by Gasteiger charge is 2.09. The van der Waals surface area contributed by atoms with E-state index in [1.54, 1.807) is 24.5 Å². The summed E-state index contributed by atoms with van der Waals surface area (Å²) in [6.07, 6.45) is 2.69. The Morgan fingerprint density at radius 1 is 1.44 bits per heavy atom. The maximum atomic E-state index is 11.2. The summed E-state index contributed by atoms with van der Waals surface area (Å²) in [5, 5.41) is 10.9. The zero-order valence-electron chi connectivity index (χ0n) is 9.66. The summed E-state index contributed by atoms with van der Waals surface area (Å²) in [6, 6.07) is 0. The zero-order chi connectivity index (χ0) is 12.8. The molecule has 0 bridgehead atoms. The van der Waals surface area contributed by atoms with Gasteiger partial charge in [0.05, 0.1) is 13.0 Å². The lowest BCUT2D eigenvalue weighted by atomic mass is 10.3. The third kappa shape index (κ3) is 4.04. The first-order valence-corrected chi connectivity index (χ1v) is 7.84. The van der Waals surface area contributed by atoms with Crippen molar-refractivity contribution in [3.8, 4) is 0 Å². The Morgan fingerprint density at radius 3 is 3.06 bits per heavy atom. The Balaban J connectivity index is 1.84. The molecule has 96 valence electrons. The molecular formula is C10H11N3O2S3. The van der Waals surface area contributed by atoms with Crippen molar-refractivity contribution in [1.82, 2.24) is 15.2 Å². The van der Waals surface area contributed by atoms with Crippen LogP contribution in [0.5, 0.6) is 0 Å². The van der Waals surface area contributed by atoms with Crippen molar-refractivity contribution in [3.05, 3.63) is 16.6 Å². The molecule has 8 heteroatoms. The summed E-state index contributed by atoms with van der Waals surface area (Å²) in [6.45, 7) is 2.21. The second-order valence-electron chi connectivity index (χ2n) is 3.17. The van der Waals surface area contributed by atoms with Crippen LogP contribution in [0, 0.1) is 0 Å². The molecule has 0 saturated heterocycles. The van der Waals surface area contributed by atoms with E-state index in [1.807, 2.05) is 5.38 Å². The first-order chi connectivity index (χ1) is 8.78. The van der Waals surface area contributed by atoms with Gasteiger partial charge in [0.15, 0.2) is 8.68 Å². The van der Waals surface area contributed by atoms with Crippen LogP contribution >= 0.6 is 34.4 Å². The number of carbonyl (C=O) groups excluding carboxylic acids is 1. The van der Waals surface area contributed by atoms with Gasteiger partial charge in [0.2, 0.25) is 0 Å². The zero-order valence-corrected chi connectivity index (χ0v) is 12.1. The minimum Gasteiger partial charge on any atom is -0.466 e. The highest BCUT2D eigenvalue weighted by Crippen LogP contribution is 2.31. The lowest BCUT2D eigenvalue weighted by Crippen LogP contribution is -2.04. The molecule has 2 heterocycles. The van der Waals surface area contributed by atoms with E-state index in [4.69, 9.17) is 4.74 Å². The lowest BCUT2D eigenvalue weighted by molar-refractivity contribution is -0.143. The van der Waals surface area contributed by atoms with Gasteiger partial charge in [-0.2, -0.15) is 0 Å². The molecule has 0 amide bonds. The summed E-state index contributed by atoms with van der Waals surface area (Å²) in [5.74, 6) is -0.193. The number of carbonyl (C=O) groups is 1. The molecule has 0 radical (unpaired) electrons. The molecule has 0 N–H and O–H groups in total. The van der Waals surface area contributed by atoms with E-state index in [0.29, 0.717) is 19.4 Å². The molecule has 0 aliphatic carbocycles. The Labute approximate surface area is 117 Å². The topological polar surface area (TPSA) is 65.0 Å². The third-order valence-corrected chi connectivity index (χ3v) is 4.80. The number of nitrogens with zero attached hydrogens (tertiary/aromatic N) is 3. The lowest BCUT2D eigenvalue weighted by Gasteiger charge is -1.98. The predicted octanol–water partition coefficient (Wildman–Crippen LogP) is 2.64. The number of hydrogen-bond acceptors (Lipinski definition) is 8. The van der Waals surface area contributed by atoms with Crippen LogP contribution in [0.2, 0.25) is 0 Å². The van der Waals surface area contributed by atoms with E-state index in [0.717, 1.165) is 13.7 Å². The van der Waals surface area contributed by atoms with Gasteiger partial charge in [-0.1, -0.05) is 11.3 Å². The minimum atomic E-state index is -0.193. The van der Waals surface area contributed by atoms with E-state index < -0.39 is 0 Å². The number of esters is 1. The van der Waals surface area contributed by atoms with Crippen molar-refractivity contribution in [2.24, 2.45) is 0 Å². The van der Waals surface area contributed by atoms with Gasteiger partial charge in [-0.3, -0.25) is 4.79 Å². The van der Waals surface area contributed by atoms with Crippen molar-refractivity contribution < 1.29 is 9.53 Å². The molecular weight excluding hydrogens is 290 g/mol. The van der Waals surface area contributed by atoms with Crippen molar-refractivity contribution in [1.29, 1.82) is 0 Å². The van der Waals surface area contributed by atoms with E-state index in [-0.39, 0.29) is 5.97 Å². The van der Waals surface area contributed by atoms with E-state index >= 15 is 0 Å². The number of rotatable bonds is 6. The first-order valence-electron chi connectivity index (χ1n) is 5.33. The Kier molecular flexibility index (Phi) is 5.09. The molecule has 2 aromatic rings. The molecule has 0 unspecified atom stereocenters. The molecule has 0 spiro atoms. The summed E-state index contributed by atoms with van der Waals surface area (Å²) in [5.41, 5.74) is 0. The summed E-state index contributed by atoms with van der Waals surface area (Å²) in [4.78, 5) is 15.4. The number of thiazole rings is 1. The molecule has 0 aliphatic rings. The van der Waals surface area contributed by atoms with Gasteiger partial charge in [0, 0.05) is 18.0 Å². The SMILES string of the molecule is CCOC(=O)CCc1nnc(Sc2nccs2)s1. The van der Waals surface area contributed by atoms with Crippen LogP contribution in [-0.4, -0.2) is 27.8 Å².